The van der Waals surface area contributed by atoms with Gasteiger partial charge in [-0.2, -0.15) is 0 Å². The quantitative estimate of drug-likeness (QED) is 0.602. The average Bonchev–Trinajstić information content (AvgIpc) is 2.67. The molecule has 0 aromatic heterocycles. The molecule has 136 valence electrons. The Labute approximate surface area is 151 Å². The van der Waals surface area contributed by atoms with Crippen molar-refractivity contribution in [1.82, 2.24) is 5.32 Å². The minimum atomic E-state index is -0.722. The number of esters is 1. The molecule has 2 rings (SSSR count). The number of hydrogen-bond donors (Lipinski definition) is 1. The van der Waals surface area contributed by atoms with Gasteiger partial charge < -0.3 is 14.8 Å². The molecule has 1 N–H and O–H groups in total. The van der Waals surface area contributed by atoms with Gasteiger partial charge in [0.05, 0.1) is 12.7 Å². The lowest BCUT2D eigenvalue weighted by Gasteiger charge is -2.06. The van der Waals surface area contributed by atoms with Gasteiger partial charge in [0.15, 0.2) is 0 Å². The number of carbonyl (C=O) groups excluding carboxylic acids is 2. The third-order valence-electron chi connectivity index (χ3n) is 3.52. The summed E-state index contributed by atoms with van der Waals surface area (Å²) in [4.78, 5) is 23.0. The molecule has 0 saturated carbocycles. The summed E-state index contributed by atoms with van der Waals surface area (Å²) in [5.41, 5.74) is 1.07. The molecule has 0 radical (unpaired) electrons. The summed E-state index contributed by atoms with van der Waals surface area (Å²) < 4.78 is 23.8. The summed E-state index contributed by atoms with van der Waals surface area (Å²) in [5.74, 6) is -1.36. The molecule has 2 aromatic carbocycles. The van der Waals surface area contributed by atoms with Gasteiger partial charge in [0.1, 0.15) is 12.4 Å². The van der Waals surface area contributed by atoms with E-state index < -0.39 is 17.9 Å². The fraction of sp³-hybridized carbons (Fsp3) is 0.200. The zero-order chi connectivity index (χ0) is 18.8. The highest BCUT2D eigenvalue weighted by molar-refractivity contribution is 5.90. The second kappa shape index (κ2) is 9.98. The van der Waals surface area contributed by atoms with Crippen LogP contribution in [0.4, 0.5) is 9.18 Å². The van der Waals surface area contributed by atoms with Crippen LogP contribution >= 0.6 is 0 Å². The van der Waals surface area contributed by atoms with Crippen LogP contribution in [-0.2, 0) is 16.1 Å². The summed E-state index contributed by atoms with van der Waals surface area (Å²) in [6.07, 6.45) is 3.24. The van der Waals surface area contributed by atoms with Crippen molar-refractivity contribution >= 4 is 18.1 Å². The Morgan fingerprint density at radius 1 is 1.12 bits per heavy atom. The van der Waals surface area contributed by atoms with E-state index in [0.717, 1.165) is 5.56 Å². The largest absolute Gasteiger partial charge is 0.465 e. The maximum Gasteiger partial charge on any atom is 0.407 e. The second-order valence-corrected chi connectivity index (χ2v) is 5.38. The number of rotatable bonds is 7. The van der Waals surface area contributed by atoms with E-state index in [1.165, 1.54) is 13.2 Å². The topological polar surface area (TPSA) is 64.6 Å². The molecule has 0 aliphatic rings. The maximum atomic E-state index is 14.2. The number of benzene rings is 2. The summed E-state index contributed by atoms with van der Waals surface area (Å²) >= 11 is 0. The highest BCUT2D eigenvalue weighted by Gasteiger charge is 2.13. The van der Waals surface area contributed by atoms with Gasteiger partial charge in [0, 0.05) is 12.1 Å². The van der Waals surface area contributed by atoms with Crippen molar-refractivity contribution in [2.45, 2.75) is 13.0 Å². The van der Waals surface area contributed by atoms with Crippen molar-refractivity contribution < 1.29 is 23.5 Å². The van der Waals surface area contributed by atoms with Gasteiger partial charge in [0.25, 0.3) is 0 Å². The number of alkyl carbamates (subject to hydrolysis) is 1. The summed E-state index contributed by atoms with van der Waals surface area (Å²) in [6.45, 7) is 0.552. The van der Waals surface area contributed by atoms with E-state index in [9.17, 15) is 14.0 Å². The van der Waals surface area contributed by atoms with Crippen LogP contribution in [0.1, 0.15) is 27.9 Å². The Morgan fingerprint density at radius 2 is 1.88 bits per heavy atom. The normalized spacial score (nSPS) is 10.5. The van der Waals surface area contributed by atoms with Crippen molar-refractivity contribution in [1.29, 1.82) is 0 Å². The molecule has 2 aromatic rings. The van der Waals surface area contributed by atoms with Gasteiger partial charge in [-0.15, -0.1) is 0 Å². The first-order valence-electron chi connectivity index (χ1n) is 8.09. The third-order valence-corrected chi connectivity index (χ3v) is 3.52. The van der Waals surface area contributed by atoms with E-state index in [-0.39, 0.29) is 17.7 Å². The lowest BCUT2D eigenvalue weighted by Crippen LogP contribution is -2.24. The van der Waals surface area contributed by atoms with Gasteiger partial charge in [-0.25, -0.2) is 14.0 Å². The minimum absolute atomic E-state index is 0.114. The molecule has 0 heterocycles. The molecule has 5 nitrogen and oxygen atoms in total. The van der Waals surface area contributed by atoms with E-state index in [2.05, 4.69) is 10.1 Å². The SMILES string of the molecule is COC(=O)c1cccc(C=CCCNC(=O)OCc2ccccc2)c1F. The number of hydrogen-bond acceptors (Lipinski definition) is 4. The second-order valence-electron chi connectivity index (χ2n) is 5.38. The van der Waals surface area contributed by atoms with E-state index in [1.807, 2.05) is 30.3 Å². The van der Waals surface area contributed by atoms with Crippen LogP contribution in [0.5, 0.6) is 0 Å². The van der Waals surface area contributed by atoms with Gasteiger partial charge in [-0.3, -0.25) is 0 Å². The lowest BCUT2D eigenvalue weighted by atomic mass is 10.1. The first-order valence-corrected chi connectivity index (χ1v) is 8.09. The first kappa shape index (κ1) is 19.2. The van der Waals surface area contributed by atoms with Gasteiger partial charge in [-0.1, -0.05) is 54.6 Å². The Morgan fingerprint density at radius 3 is 2.62 bits per heavy atom. The van der Waals surface area contributed by atoms with Gasteiger partial charge in [-0.05, 0) is 18.1 Å². The molecule has 0 atom stereocenters. The van der Waals surface area contributed by atoms with Crippen molar-refractivity contribution in [2.24, 2.45) is 0 Å². The summed E-state index contributed by atoms with van der Waals surface area (Å²) in [7, 11) is 1.20. The van der Waals surface area contributed by atoms with Crippen molar-refractivity contribution in [2.75, 3.05) is 13.7 Å². The molecule has 0 spiro atoms. The number of amides is 1. The zero-order valence-corrected chi connectivity index (χ0v) is 14.4. The molecule has 26 heavy (non-hydrogen) atoms. The number of halogens is 1. The standard InChI is InChI=1S/C20H20FNO4/c1-25-19(23)17-12-7-11-16(18(17)21)10-5-6-13-22-20(24)26-14-15-8-3-2-4-9-15/h2-5,7-12H,6,13-14H2,1H3,(H,22,24). The van der Waals surface area contributed by atoms with Crippen LogP contribution in [-0.4, -0.2) is 25.7 Å². The highest BCUT2D eigenvalue weighted by atomic mass is 19.1. The van der Waals surface area contributed by atoms with Gasteiger partial charge in [0.2, 0.25) is 0 Å². The molecule has 1 amide bonds. The number of ether oxygens (including phenoxy) is 2. The molecule has 6 heteroatoms. The van der Waals surface area contributed by atoms with E-state index >= 15 is 0 Å². The Hall–Kier alpha value is -3.15. The van der Waals surface area contributed by atoms with Crippen LogP contribution in [0, 0.1) is 5.82 Å². The molecule has 0 aliphatic carbocycles. The average molecular weight is 357 g/mol. The summed E-state index contributed by atoms with van der Waals surface area (Å²) in [5, 5.41) is 2.61. The van der Waals surface area contributed by atoms with E-state index in [1.54, 1.807) is 24.3 Å². The van der Waals surface area contributed by atoms with Crippen LogP contribution in [0.15, 0.2) is 54.6 Å². The molecule has 0 fully saturated rings. The monoisotopic (exact) mass is 357 g/mol. The Bertz CT molecular complexity index is 775. The smallest absolute Gasteiger partial charge is 0.407 e. The van der Waals surface area contributed by atoms with Crippen LogP contribution < -0.4 is 5.32 Å². The zero-order valence-electron chi connectivity index (χ0n) is 14.4. The molecule has 0 aliphatic heterocycles. The predicted molar refractivity (Wildman–Crippen MR) is 96.0 cm³/mol. The summed E-state index contributed by atoms with van der Waals surface area (Å²) in [6, 6.07) is 13.9. The number of nitrogens with one attached hydrogen (secondary N) is 1. The third kappa shape index (κ3) is 5.73. The minimum Gasteiger partial charge on any atom is -0.465 e. The van der Waals surface area contributed by atoms with E-state index in [0.29, 0.717) is 13.0 Å². The lowest BCUT2D eigenvalue weighted by molar-refractivity contribution is 0.0595. The predicted octanol–water partition coefficient (Wildman–Crippen LogP) is 3.94. The van der Waals surface area contributed by atoms with Crippen LogP contribution in [0.2, 0.25) is 0 Å². The van der Waals surface area contributed by atoms with Crippen LogP contribution in [0.3, 0.4) is 0 Å². The first-order chi connectivity index (χ1) is 12.6. The molecular weight excluding hydrogens is 337 g/mol. The van der Waals surface area contributed by atoms with Gasteiger partial charge >= 0.3 is 12.1 Å². The molecule has 0 bridgehead atoms. The molecule has 0 saturated heterocycles. The van der Waals surface area contributed by atoms with Crippen molar-refractivity contribution in [3.8, 4) is 0 Å². The van der Waals surface area contributed by atoms with Crippen molar-refractivity contribution in [3.05, 3.63) is 77.1 Å². The fourth-order valence-electron chi connectivity index (χ4n) is 2.19. The Balaban J connectivity index is 1.75. The number of methoxy groups -OCH3 is 1. The Kier molecular flexibility index (Phi) is 7.36. The maximum absolute atomic E-state index is 14.2. The fourth-order valence-corrected chi connectivity index (χ4v) is 2.19. The highest BCUT2D eigenvalue weighted by Crippen LogP contribution is 2.15. The van der Waals surface area contributed by atoms with Crippen LogP contribution in [0.25, 0.3) is 6.08 Å². The van der Waals surface area contributed by atoms with Crippen molar-refractivity contribution in [3.63, 3.8) is 0 Å². The molecule has 0 unspecified atom stereocenters. The molecular formula is C20H20FNO4. The number of carbonyl (C=O) groups is 2. The van der Waals surface area contributed by atoms with E-state index in [4.69, 9.17) is 4.74 Å².